The van der Waals surface area contributed by atoms with E-state index in [9.17, 15) is 0 Å². The summed E-state index contributed by atoms with van der Waals surface area (Å²) >= 11 is 1.84. The Morgan fingerprint density at radius 3 is 2.80 bits per heavy atom. The lowest BCUT2D eigenvalue weighted by Crippen LogP contribution is -1.99. The molecule has 3 nitrogen and oxygen atoms in total. The van der Waals surface area contributed by atoms with Gasteiger partial charge in [-0.05, 0) is 43.7 Å². The van der Waals surface area contributed by atoms with Gasteiger partial charge in [0.1, 0.15) is 0 Å². The standard InChI is InChI=1S/C16H17N3S/c1-10-7-12(20-11(10)2)8-19-16-4-3-15(17)14-9-18-6-5-13(14)16/h3-7,9,19H,8,17H2,1-2H3. The molecule has 0 fully saturated rings. The molecule has 20 heavy (non-hydrogen) atoms. The largest absolute Gasteiger partial charge is 0.398 e. The summed E-state index contributed by atoms with van der Waals surface area (Å²) in [5, 5.41) is 5.61. The van der Waals surface area contributed by atoms with Crippen LogP contribution in [0.4, 0.5) is 11.4 Å². The number of pyridine rings is 1. The number of nitrogens with two attached hydrogens (primary N) is 1. The van der Waals surface area contributed by atoms with Gasteiger partial charge in [0.15, 0.2) is 0 Å². The minimum absolute atomic E-state index is 0.765. The highest BCUT2D eigenvalue weighted by atomic mass is 32.1. The Hall–Kier alpha value is -2.07. The number of anilines is 2. The third-order valence-corrected chi connectivity index (χ3v) is 4.67. The molecular weight excluding hydrogens is 266 g/mol. The Morgan fingerprint density at radius 1 is 1.20 bits per heavy atom. The number of nitrogens with one attached hydrogen (secondary N) is 1. The van der Waals surface area contributed by atoms with E-state index in [-0.39, 0.29) is 0 Å². The summed E-state index contributed by atoms with van der Waals surface area (Å²) in [6.45, 7) is 5.15. The monoisotopic (exact) mass is 283 g/mol. The number of nitrogen functional groups attached to an aromatic ring is 1. The highest BCUT2D eigenvalue weighted by Crippen LogP contribution is 2.28. The van der Waals surface area contributed by atoms with E-state index in [1.54, 1.807) is 6.20 Å². The average molecular weight is 283 g/mol. The van der Waals surface area contributed by atoms with Gasteiger partial charge in [-0.1, -0.05) is 0 Å². The molecule has 0 bridgehead atoms. The fourth-order valence-corrected chi connectivity index (χ4v) is 3.28. The van der Waals surface area contributed by atoms with Gasteiger partial charge < -0.3 is 11.1 Å². The molecule has 0 amide bonds. The number of aromatic nitrogens is 1. The molecule has 0 aliphatic heterocycles. The molecule has 1 aromatic carbocycles. The number of nitrogens with zero attached hydrogens (tertiary/aromatic N) is 1. The van der Waals surface area contributed by atoms with E-state index < -0.39 is 0 Å². The zero-order valence-corrected chi connectivity index (χ0v) is 12.4. The summed E-state index contributed by atoms with van der Waals surface area (Å²) < 4.78 is 0. The van der Waals surface area contributed by atoms with Crippen LogP contribution in [0, 0.1) is 13.8 Å². The van der Waals surface area contributed by atoms with Crippen molar-refractivity contribution in [3.8, 4) is 0 Å². The average Bonchev–Trinajstić information content (AvgIpc) is 2.77. The van der Waals surface area contributed by atoms with Crippen LogP contribution in [0.2, 0.25) is 0 Å². The van der Waals surface area contributed by atoms with Gasteiger partial charge in [-0.3, -0.25) is 4.98 Å². The number of rotatable bonds is 3. The number of hydrogen-bond acceptors (Lipinski definition) is 4. The fourth-order valence-electron chi connectivity index (χ4n) is 2.29. The SMILES string of the molecule is Cc1cc(CNc2ccc(N)c3cnccc23)sc1C. The quantitative estimate of drug-likeness (QED) is 0.711. The van der Waals surface area contributed by atoms with Crippen LogP contribution in [0.1, 0.15) is 15.3 Å². The van der Waals surface area contributed by atoms with E-state index in [1.807, 2.05) is 35.7 Å². The number of thiophene rings is 1. The molecule has 2 aromatic heterocycles. The van der Waals surface area contributed by atoms with Gasteiger partial charge in [-0.2, -0.15) is 0 Å². The predicted octanol–water partition coefficient (Wildman–Crippen LogP) is 4.11. The Bertz CT molecular complexity index is 742. The molecule has 2 heterocycles. The van der Waals surface area contributed by atoms with Crippen molar-refractivity contribution in [3.63, 3.8) is 0 Å². The van der Waals surface area contributed by atoms with Gasteiger partial charge in [0.25, 0.3) is 0 Å². The number of benzene rings is 1. The van der Waals surface area contributed by atoms with E-state index in [1.165, 1.54) is 15.3 Å². The second kappa shape index (κ2) is 5.13. The minimum Gasteiger partial charge on any atom is -0.398 e. The van der Waals surface area contributed by atoms with Crippen LogP contribution in [0.15, 0.2) is 36.7 Å². The third kappa shape index (κ3) is 2.34. The van der Waals surface area contributed by atoms with Crippen LogP contribution < -0.4 is 11.1 Å². The molecule has 0 unspecified atom stereocenters. The van der Waals surface area contributed by atoms with Gasteiger partial charge >= 0.3 is 0 Å². The summed E-state index contributed by atoms with van der Waals surface area (Å²) in [5.74, 6) is 0. The molecule has 3 rings (SSSR count). The molecule has 0 aliphatic rings. The van der Waals surface area contributed by atoms with Gasteiger partial charge in [0, 0.05) is 50.8 Å². The zero-order chi connectivity index (χ0) is 14.1. The molecule has 0 saturated heterocycles. The first-order valence-corrected chi connectivity index (χ1v) is 7.39. The maximum atomic E-state index is 5.99. The fraction of sp³-hybridized carbons (Fsp3) is 0.188. The van der Waals surface area contributed by atoms with Crippen molar-refractivity contribution in [2.45, 2.75) is 20.4 Å². The summed E-state index contributed by atoms with van der Waals surface area (Å²) in [5.41, 5.74) is 9.21. The molecule has 0 aliphatic carbocycles. The van der Waals surface area contributed by atoms with E-state index in [0.29, 0.717) is 0 Å². The predicted molar refractivity (Wildman–Crippen MR) is 87.3 cm³/mol. The van der Waals surface area contributed by atoms with Crippen LogP contribution in [-0.4, -0.2) is 4.98 Å². The second-order valence-electron chi connectivity index (χ2n) is 4.93. The summed E-state index contributed by atoms with van der Waals surface area (Å²) in [6, 6.07) is 8.20. The summed E-state index contributed by atoms with van der Waals surface area (Å²) in [6.07, 6.45) is 3.61. The minimum atomic E-state index is 0.765. The topological polar surface area (TPSA) is 50.9 Å². The number of aryl methyl sites for hydroxylation is 2. The molecule has 0 atom stereocenters. The maximum absolute atomic E-state index is 5.99. The number of fused-ring (bicyclic) bond motifs is 1. The van der Waals surface area contributed by atoms with Gasteiger partial charge in [0.05, 0.1) is 0 Å². The van der Waals surface area contributed by atoms with E-state index in [2.05, 4.69) is 30.2 Å². The Labute approximate surface area is 122 Å². The van der Waals surface area contributed by atoms with E-state index >= 15 is 0 Å². The Morgan fingerprint density at radius 2 is 2.05 bits per heavy atom. The second-order valence-corrected chi connectivity index (χ2v) is 6.27. The maximum Gasteiger partial charge on any atom is 0.0494 e. The van der Waals surface area contributed by atoms with E-state index in [4.69, 9.17) is 5.73 Å². The molecule has 0 spiro atoms. The van der Waals surface area contributed by atoms with Gasteiger partial charge in [-0.25, -0.2) is 0 Å². The van der Waals surface area contributed by atoms with Crippen molar-refractivity contribution in [2.75, 3.05) is 11.1 Å². The lowest BCUT2D eigenvalue weighted by Gasteiger charge is -2.10. The van der Waals surface area contributed by atoms with Crippen LogP contribution >= 0.6 is 11.3 Å². The molecule has 0 radical (unpaired) electrons. The molecule has 0 saturated carbocycles. The third-order valence-electron chi connectivity index (χ3n) is 3.52. The van der Waals surface area contributed by atoms with Crippen molar-refractivity contribution < 1.29 is 0 Å². The highest BCUT2D eigenvalue weighted by Gasteiger charge is 2.05. The van der Waals surface area contributed by atoms with Crippen LogP contribution in [-0.2, 0) is 6.54 Å². The Kier molecular flexibility index (Phi) is 3.32. The van der Waals surface area contributed by atoms with Crippen molar-refractivity contribution >= 4 is 33.5 Å². The normalized spacial score (nSPS) is 10.9. The molecular formula is C16H17N3S. The first-order valence-electron chi connectivity index (χ1n) is 6.57. The first-order chi connectivity index (χ1) is 9.65. The molecule has 4 heteroatoms. The molecule has 3 aromatic rings. The summed E-state index contributed by atoms with van der Waals surface area (Å²) in [4.78, 5) is 6.87. The molecule has 102 valence electrons. The van der Waals surface area contributed by atoms with Crippen LogP contribution in [0.25, 0.3) is 10.8 Å². The smallest absolute Gasteiger partial charge is 0.0494 e. The first kappa shape index (κ1) is 12.9. The van der Waals surface area contributed by atoms with Crippen molar-refractivity contribution in [1.29, 1.82) is 0 Å². The highest BCUT2D eigenvalue weighted by molar-refractivity contribution is 7.12. The van der Waals surface area contributed by atoms with Crippen LogP contribution in [0.5, 0.6) is 0 Å². The number of hydrogen-bond donors (Lipinski definition) is 2. The van der Waals surface area contributed by atoms with Crippen molar-refractivity contribution in [1.82, 2.24) is 4.98 Å². The summed E-state index contributed by atoms with van der Waals surface area (Å²) in [7, 11) is 0. The Balaban J connectivity index is 1.89. The molecule has 3 N–H and O–H groups in total. The van der Waals surface area contributed by atoms with Crippen LogP contribution in [0.3, 0.4) is 0 Å². The van der Waals surface area contributed by atoms with Crippen molar-refractivity contribution in [3.05, 3.63) is 52.0 Å². The lowest BCUT2D eigenvalue weighted by atomic mass is 10.1. The van der Waals surface area contributed by atoms with Gasteiger partial charge in [-0.15, -0.1) is 11.3 Å². The lowest BCUT2D eigenvalue weighted by molar-refractivity contribution is 1.19. The van der Waals surface area contributed by atoms with Gasteiger partial charge in [0.2, 0.25) is 0 Å². The zero-order valence-electron chi connectivity index (χ0n) is 11.6. The van der Waals surface area contributed by atoms with E-state index in [0.717, 1.165) is 28.7 Å². The van der Waals surface area contributed by atoms with Crippen molar-refractivity contribution in [2.24, 2.45) is 0 Å².